The van der Waals surface area contributed by atoms with Crippen LogP contribution in [0.5, 0.6) is 0 Å². The fourth-order valence-electron chi connectivity index (χ4n) is 0.758. The third kappa shape index (κ3) is 2.74. The zero-order chi connectivity index (χ0) is 10.6. The number of furan rings is 1. The van der Waals surface area contributed by atoms with Gasteiger partial charge in [-0.3, -0.25) is 4.79 Å². The molecule has 75 valence electrons. The predicted octanol–water partition coefficient (Wildman–Crippen LogP) is 0.540. The Labute approximate surface area is 81.5 Å². The molecule has 1 rings (SSSR count). The molecule has 1 amide bonds. The maximum absolute atomic E-state index is 11.1. The fraction of sp³-hybridized carbons (Fsp3) is 0.125. The van der Waals surface area contributed by atoms with Crippen molar-refractivity contribution < 1.29 is 17.6 Å². The van der Waals surface area contributed by atoms with E-state index in [0.717, 1.165) is 6.08 Å². The molecule has 0 bridgehead atoms. The number of sulfonamides is 1. The van der Waals surface area contributed by atoms with E-state index in [1.807, 2.05) is 0 Å². The molecular formula is C8H8NO4S. The van der Waals surface area contributed by atoms with Crippen molar-refractivity contribution >= 4 is 15.9 Å². The van der Waals surface area contributed by atoms with E-state index in [2.05, 4.69) is 15.7 Å². The lowest BCUT2D eigenvalue weighted by atomic mass is 10.4. The molecule has 0 atom stereocenters. The summed E-state index contributed by atoms with van der Waals surface area (Å²) in [7, 11) is -3.76. The van der Waals surface area contributed by atoms with Gasteiger partial charge >= 0.3 is 5.91 Å². The van der Waals surface area contributed by atoms with Crippen LogP contribution in [0.4, 0.5) is 0 Å². The van der Waals surface area contributed by atoms with Crippen LogP contribution in [0.2, 0.25) is 0 Å². The molecule has 6 heteroatoms. The van der Waals surface area contributed by atoms with Gasteiger partial charge in [-0.1, -0.05) is 6.08 Å². The summed E-state index contributed by atoms with van der Waals surface area (Å²) in [6.07, 6.45) is 2.43. The van der Waals surface area contributed by atoms with E-state index in [1.165, 1.54) is 18.4 Å². The number of hydrogen-bond acceptors (Lipinski definition) is 4. The molecule has 1 aromatic heterocycles. The lowest BCUT2D eigenvalue weighted by Crippen LogP contribution is -2.24. The first-order valence-electron chi connectivity index (χ1n) is 3.69. The SMILES string of the molecule is C=CCS(=O)(=O)[N]C(=O)c1ccco1. The third-order valence-electron chi connectivity index (χ3n) is 1.28. The Morgan fingerprint density at radius 3 is 2.86 bits per heavy atom. The van der Waals surface area contributed by atoms with Gasteiger partial charge in [0.25, 0.3) is 10.0 Å². The van der Waals surface area contributed by atoms with Crippen molar-refractivity contribution in [3.05, 3.63) is 36.8 Å². The van der Waals surface area contributed by atoms with Crippen LogP contribution in [0.1, 0.15) is 10.6 Å². The van der Waals surface area contributed by atoms with Crippen molar-refractivity contribution in [1.82, 2.24) is 4.72 Å². The third-order valence-corrected chi connectivity index (χ3v) is 2.38. The summed E-state index contributed by atoms with van der Waals surface area (Å²) < 4.78 is 29.8. The number of rotatable bonds is 4. The summed E-state index contributed by atoms with van der Waals surface area (Å²) in [6, 6.07) is 2.82. The van der Waals surface area contributed by atoms with Gasteiger partial charge in [0.05, 0.1) is 12.0 Å². The topological polar surface area (TPSA) is 78.5 Å². The van der Waals surface area contributed by atoms with Gasteiger partial charge in [-0.15, -0.1) is 11.3 Å². The van der Waals surface area contributed by atoms with Crippen LogP contribution in [-0.4, -0.2) is 20.1 Å². The maximum Gasteiger partial charge on any atom is 0.323 e. The van der Waals surface area contributed by atoms with Crippen molar-refractivity contribution in [1.29, 1.82) is 0 Å². The van der Waals surface area contributed by atoms with Crippen LogP contribution in [0, 0.1) is 0 Å². The van der Waals surface area contributed by atoms with E-state index < -0.39 is 15.9 Å². The zero-order valence-corrected chi connectivity index (χ0v) is 8.03. The van der Waals surface area contributed by atoms with E-state index in [0.29, 0.717) is 0 Å². The van der Waals surface area contributed by atoms with Crippen molar-refractivity contribution in [2.75, 3.05) is 5.75 Å². The molecule has 0 N–H and O–H groups in total. The maximum atomic E-state index is 11.1. The van der Waals surface area contributed by atoms with Gasteiger partial charge in [0.15, 0.2) is 5.76 Å². The minimum absolute atomic E-state index is 0.0994. The van der Waals surface area contributed by atoms with E-state index in [-0.39, 0.29) is 11.5 Å². The highest BCUT2D eigenvalue weighted by atomic mass is 32.2. The molecule has 0 saturated carbocycles. The van der Waals surface area contributed by atoms with Gasteiger partial charge < -0.3 is 4.42 Å². The van der Waals surface area contributed by atoms with Crippen LogP contribution in [0.15, 0.2) is 35.5 Å². The number of hydrogen-bond donors (Lipinski definition) is 0. The van der Waals surface area contributed by atoms with Crippen molar-refractivity contribution in [3.8, 4) is 0 Å². The van der Waals surface area contributed by atoms with Crippen LogP contribution in [-0.2, 0) is 10.0 Å². The van der Waals surface area contributed by atoms with Crippen molar-refractivity contribution in [2.24, 2.45) is 0 Å². The minimum atomic E-state index is -3.76. The smallest absolute Gasteiger partial charge is 0.323 e. The summed E-state index contributed by atoms with van der Waals surface area (Å²) >= 11 is 0. The average Bonchev–Trinajstić information content (AvgIpc) is 2.53. The van der Waals surface area contributed by atoms with Gasteiger partial charge in [0.2, 0.25) is 0 Å². The first kappa shape index (κ1) is 10.5. The Morgan fingerprint density at radius 1 is 1.64 bits per heavy atom. The van der Waals surface area contributed by atoms with Gasteiger partial charge in [-0.05, 0) is 12.1 Å². The summed E-state index contributed by atoms with van der Waals surface area (Å²) in [5.74, 6) is -1.37. The monoisotopic (exact) mass is 214 g/mol. The van der Waals surface area contributed by atoms with E-state index >= 15 is 0 Å². The summed E-state index contributed by atoms with van der Waals surface area (Å²) in [5.41, 5.74) is 0. The minimum Gasteiger partial charge on any atom is -0.459 e. The second kappa shape index (κ2) is 4.10. The molecular weight excluding hydrogens is 206 g/mol. The highest BCUT2D eigenvalue weighted by molar-refractivity contribution is 7.90. The zero-order valence-electron chi connectivity index (χ0n) is 7.21. The Morgan fingerprint density at radius 2 is 2.36 bits per heavy atom. The number of nitrogens with zero attached hydrogens (tertiary/aromatic N) is 1. The van der Waals surface area contributed by atoms with Crippen LogP contribution in [0.25, 0.3) is 0 Å². The predicted molar refractivity (Wildman–Crippen MR) is 49.2 cm³/mol. The normalized spacial score (nSPS) is 10.9. The molecule has 0 aliphatic rings. The summed E-state index contributed by atoms with van der Waals surface area (Å²) in [4.78, 5) is 11.1. The highest BCUT2D eigenvalue weighted by Crippen LogP contribution is 2.01. The Balaban J connectivity index is 2.71. The van der Waals surface area contributed by atoms with Gasteiger partial charge in [-0.25, -0.2) is 8.42 Å². The molecule has 1 radical (unpaired) electrons. The largest absolute Gasteiger partial charge is 0.459 e. The Bertz CT molecular complexity index is 418. The van der Waals surface area contributed by atoms with Crippen LogP contribution in [0.3, 0.4) is 0 Å². The number of amides is 1. The highest BCUT2D eigenvalue weighted by Gasteiger charge is 2.19. The van der Waals surface area contributed by atoms with Crippen molar-refractivity contribution in [2.45, 2.75) is 0 Å². The van der Waals surface area contributed by atoms with Gasteiger partial charge in [-0.2, -0.15) is 0 Å². The molecule has 5 nitrogen and oxygen atoms in total. The first-order chi connectivity index (χ1) is 6.55. The van der Waals surface area contributed by atoms with E-state index in [9.17, 15) is 13.2 Å². The standard InChI is InChI=1S/C8H8NO4S/c1-2-6-14(11,12)9-8(10)7-4-3-5-13-7/h2-5H,1,6H2. The fourth-order valence-corrected chi connectivity index (χ4v) is 1.47. The molecule has 0 saturated heterocycles. The molecule has 0 unspecified atom stereocenters. The van der Waals surface area contributed by atoms with Crippen LogP contribution < -0.4 is 4.72 Å². The Hall–Kier alpha value is -1.56. The van der Waals surface area contributed by atoms with Crippen molar-refractivity contribution in [3.63, 3.8) is 0 Å². The quantitative estimate of drug-likeness (QED) is 0.685. The van der Waals surface area contributed by atoms with E-state index in [1.54, 1.807) is 0 Å². The molecule has 0 aliphatic heterocycles. The average molecular weight is 214 g/mol. The second-order valence-corrected chi connectivity index (χ2v) is 4.09. The number of carbonyl (C=O) groups excluding carboxylic acids is 1. The van der Waals surface area contributed by atoms with Gasteiger partial charge in [0.1, 0.15) is 0 Å². The first-order valence-corrected chi connectivity index (χ1v) is 5.30. The molecule has 14 heavy (non-hydrogen) atoms. The number of carbonyl (C=O) groups is 1. The van der Waals surface area contributed by atoms with Crippen LogP contribution >= 0.6 is 0 Å². The Kier molecular flexibility index (Phi) is 3.08. The molecule has 1 aromatic rings. The molecule has 0 aliphatic carbocycles. The lowest BCUT2D eigenvalue weighted by Gasteiger charge is -1.97. The molecule has 0 fully saturated rings. The lowest BCUT2D eigenvalue weighted by molar-refractivity contribution is 0.0951. The van der Waals surface area contributed by atoms with E-state index in [4.69, 9.17) is 0 Å². The van der Waals surface area contributed by atoms with Gasteiger partial charge in [0, 0.05) is 0 Å². The summed E-state index contributed by atoms with van der Waals surface area (Å²) in [5, 5.41) is 0. The summed E-state index contributed by atoms with van der Waals surface area (Å²) in [6.45, 7) is 3.24. The second-order valence-electron chi connectivity index (χ2n) is 2.41. The molecule has 1 heterocycles. The molecule has 0 spiro atoms. The molecule has 0 aromatic carbocycles.